The molecule has 9 N–H and O–H groups in total. The minimum Gasteiger partial charge on any atom is -0.394 e. The summed E-state index contributed by atoms with van der Waals surface area (Å²) in [5, 5.41) is 87.6. The van der Waals surface area contributed by atoms with Crippen molar-refractivity contribution < 1.29 is 64.6 Å². The highest BCUT2D eigenvalue weighted by molar-refractivity contribution is 5.76. The van der Waals surface area contributed by atoms with E-state index < -0.39 is 86.8 Å². The van der Waals surface area contributed by atoms with Crippen molar-refractivity contribution in [2.45, 2.75) is 357 Å². The van der Waals surface area contributed by atoms with E-state index in [9.17, 15) is 45.6 Å². The summed E-state index contributed by atoms with van der Waals surface area (Å²) < 4.78 is 22.9. The van der Waals surface area contributed by atoms with Gasteiger partial charge in [0.2, 0.25) is 5.91 Å². The molecule has 0 aromatic carbocycles. The van der Waals surface area contributed by atoms with E-state index >= 15 is 0 Å². The number of nitrogens with one attached hydrogen (secondary N) is 1. The molecular weight excluding hydrogens is 1210 g/mol. The van der Waals surface area contributed by atoms with Crippen molar-refractivity contribution in [3.05, 3.63) is 134 Å². The standard InChI is InChI=1S/C82H139NO13/c1-3-5-7-9-11-13-15-17-19-21-23-25-27-29-31-32-33-34-35-36-37-38-40-42-44-46-48-50-52-54-56-58-60-62-64-66-74(87)83-70(69-93-81-79(92)77(90)80(73(68-85)95-81)96-82-78(91)76(89)75(88)72(67-84)94-82)71(86)65-63-61-59-57-55-53-51-49-47-45-43-41-39-30-28-26-24-22-20-18-16-14-12-10-8-6-4-2/h5,7,11,13,17,19,23,25,29,31,33-34,36-37,40,42,46,48,52,54,63,65,70-73,75-82,84-86,88-92H,3-4,6,8-10,12,14-16,18,20-22,24,26-28,30,32,35,38-39,41,43-45,47,49-51,53,55-62,64,66-69H2,1-2H3,(H,83,87)/b7-5-,13-11-,19-17-,25-23-,31-29-,34-33-,37-36-,42-40-,48-46-,54-52-,65-63+. The summed E-state index contributed by atoms with van der Waals surface area (Å²) >= 11 is 0. The Bertz CT molecular complexity index is 2130. The number of amides is 1. The lowest BCUT2D eigenvalue weighted by Crippen LogP contribution is -2.65. The summed E-state index contributed by atoms with van der Waals surface area (Å²) in [6, 6.07) is -0.941. The van der Waals surface area contributed by atoms with Crippen molar-refractivity contribution >= 4 is 5.91 Å². The zero-order valence-corrected chi connectivity index (χ0v) is 60.1. The van der Waals surface area contributed by atoms with E-state index in [4.69, 9.17) is 18.9 Å². The largest absolute Gasteiger partial charge is 0.394 e. The molecule has 0 aromatic rings. The fourth-order valence-corrected chi connectivity index (χ4v) is 11.8. The van der Waals surface area contributed by atoms with Gasteiger partial charge in [-0.3, -0.25) is 4.79 Å². The summed E-state index contributed by atoms with van der Waals surface area (Å²) in [5.74, 6) is -0.266. The maximum atomic E-state index is 13.4. The monoisotopic (exact) mass is 1350 g/mol. The van der Waals surface area contributed by atoms with Gasteiger partial charge >= 0.3 is 0 Å². The number of carbonyl (C=O) groups excluding carboxylic acids is 1. The van der Waals surface area contributed by atoms with Crippen LogP contribution in [0, 0.1) is 0 Å². The third kappa shape index (κ3) is 47.2. The number of aliphatic hydroxyl groups excluding tert-OH is 8. The molecule has 2 rings (SSSR count). The summed E-state index contributed by atoms with van der Waals surface area (Å²) in [5.41, 5.74) is 0. The lowest BCUT2D eigenvalue weighted by Gasteiger charge is -2.46. The number of aliphatic hydroxyl groups is 8. The van der Waals surface area contributed by atoms with E-state index in [1.54, 1.807) is 6.08 Å². The van der Waals surface area contributed by atoms with Gasteiger partial charge in [-0.1, -0.05) is 314 Å². The van der Waals surface area contributed by atoms with Gasteiger partial charge in [-0.05, 0) is 96.3 Å². The van der Waals surface area contributed by atoms with Crippen molar-refractivity contribution in [2.75, 3.05) is 19.8 Å². The molecule has 2 fully saturated rings. The van der Waals surface area contributed by atoms with Crippen LogP contribution >= 0.6 is 0 Å². The van der Waals surface area contributed by atoms with Gasteiger partial charge in [-0.25, -0.2) is 0 Å². The molecule has 12 unspecified atom stereocenters. The first-order valence-electron chi connectivity index (χ1n) is 38.4. The Morgan fingerprint density at radius 1 is 0.385 bits per heavy atom. The first-order valence-corrected chi connectivity index (χ1v) is 38.4. The molecule has 2 saturated heterocycles. The zero-order chi connectivity index (χ0) is 69.4. The van der Waals surface area contributed by atoms with Crippen molar-refractivity contribution in [1.82, 2.24) is 5.32 Å². The highest BCUT2D eigenvalue weighted by atomic mass is 16.7. The molecule has 14 nitrogen and oxygen atoms in total. The van der Waals surface area contributed by atoms with Crippen LogP contribution in [0.2, 0.25) is 0 Å². The van der Waals surface area contributed by atoms with Gasteiger partial charge in [0, 0.05) is 6.42 Å². The third-order valence-electron chi connectivity index (χ3n) is 17.8. The van der Waals surface area contributed by atoms with Crippen LogP contribution in [-0.2, 0) is 23.7 Å². The highest BCUT2D eigenvalue weighted by Crippen LogP contribution is 2.30. The van der Waals surface area contributed by atoms with Gasteiger partial charge < -0.3 is 65.1 Å². The first-order chi connectivity index (χ1) is 47.1. The smallest absolute Gasteiger partial charge is 0.220 e. The molecule has 2 heterocycles. The van der Waals surface area contributed by atoms with Crippen LogP contribution in [-0.4, -0.2) is 140 Å². The Balaban J connectivity index is 1.68. The Labute approximate surface area is 583 Å². The van der Waals surface area contributed by atoms with Crippen LogP contribution in [0.4, 0.5) is 0 Å². The lowest BCUT2D eigenvalue weighted by molar-refractivity contribution is -0.359. The molecular formula is C82H139NO13. The average molecular weight is 1350 g/mol. The predicted octanol–water partition coefficient (Wildman–Crippen LogP) is 17.0. The molecule has 1 amide bonds. The normalized spacial score (nSPS) is 23.0. The van der Waals surface area contributed by atoms with Crippen LogP contribution in [0.1, 0.15) is 284 Å². The van der Waals surface area contributed by atoms with Crippen molar-refractivity contribution in [2.24, 2.45) is 0 Å². The quantitative estimate of drug-likeness (QED) is 0.0204. The molecule has 0 aliphatic carbocycles. The van der Waals surface area contributed by atoms with Gasteiger partial charge in [0.1, 0.15) is 48.8 Å². The van der Waals surface area contributed by atoms with Crippen molar-refractivity contribution in [3.63, 3.8) is 0 Å². The second-order valence-corrected chi connectivity index (χ2v) is 26.4. The van der Waals surface area contributed by atoms with Gasteiger partial charge in [-0.15, -0.1) is 0 Å². The topological polar surface area (TPSA) is 228 Å². The first kappa shape index (κ1) is 88.2. The van der Waals surface area contributed by atoms with Gasteiger partial charge in [-0.2, -0.15) is 0 Å². The Morgan fingerprint density at radius 3 is 1.10 bits per heavy atom. The number of hydrogen-bond donors (Lipinski definition) is 9. The number of carbonyl (C=O) groups is 1. The number of hydrogen-bond acceptors (Lipinski definition) is 13. The molecule has 0 bridgehead atoms. The second-order valence-electron chi connectivity index (χ2n) is 26.4. The minimum absolute atomic E-state index is 0.243. The van der Waals surface area contributed by atoms with Gasteiger partial charge in [0.15, 0.2) is 12.6 Å². The maximum absolute atomic E-state index is 13.4. The number of allylic oxidation sites excluding steroid dienone is 21. The number of rotatable bonds is 62. The van der Waals surface area contributed by atoms with Crippen molar-refractivity contribution in [3.8, 4) is 0 Å². The van der Waals surface area contributed by atoms with Crippen LogP contribution in [0.5, 0.6) is 0 Å². The molecule has 0 spiro atoms. The SMILES string of the molecule is CC/C=C\C/C=C\C/C=C\C/C=C\C/C=C\C/C=C\C/C=C\C/C=C\C/C=C\C/C=C\CCCCCCC(=O)NC(COC1OC(CO)C(OC2OC(CO)C(O)C(O)C2O)C(O)C1O)C(O)/C=C/CCCCCCCCCCCCCCCCCCCCCCCCCCC. The predicted molar refractivity (Wildman–Crippen MR) is 396 cm³/mol. The minimum atomic E-state index is -1.80. The molecule has 0 radical (unpaired) electrons. The fraction of sp³-hybridized carbons (Fsp3) is 0.720. The highest BCUT2D eigenvalue weighted by Gasteiger charge is 2.51. The van der Waals surface area contributed by atoms with Gasteiger partial charge in [0.05, 0.1) is 32.0 Å². The Morgan fingerprint density at radius 2 is 0.719 bits per heavy atom. The van der Waals surface area contributed by atoms with Crippen LogP contribution in [0.3, 0.4) is 0 Å². The molecule has 12 atom stereocenters. The van der Waals surface area contributed by atoms with E-state index in [0.717, 1.165) is 109 Å². The molecule has 0 aromatic heterocycles. The second kappa shape index (κ2) is 64.5. The summed E-state index contributed by atoms with van der Waals surface area (Å²) in [6.45, 7) is 2.69. The van der Waals surface area contributed by atoms with Crippen molar-refractivity contribution in [1.29, 1.82) is 0 Å². The molecule has 14 heteroatoms. The van der Waals surface area contributed by atoms with E-state index in [0.29, 0.717) is 6.42 Å². The lowest BCUT2D eigenvalue weighted by atomic mass is 9.97. The van der Waals surface area contributed by atoms with E-state index in [1.807, 2.05) is 6.08 Å². The van der Waals surface area contributed by atoms with E-state index in [-0.39, 0.29) is 18.9 Å². The molecule has 96 heavy (non-hydrogen) atoms. The Hall–Kier alpha value is -3.87. The van der Waals surface area contributed by atoms with Gasteiger partial charge in [0.25, 0.3) is 0 Å². The fourth-order valence-electron chi connectivity index (χ4n) is 11.8. The number of unbranched alkanes of at least 4 members (excludes halogenated alkanes) is 29. The Kier molecular flexibility index (Phi) is 59.3. The maximum Gasteiger partial charge on any atom is 0.220 e. The molecule has 550 valence electrons. The summed E-state index contributed by atoms with van der Waals surface area (Å²) in [7, 11) is 0. The number of ether oxygens (including phenoxy) is 4. The summed E-state index contributed by atoms with van der Waals surface area (Å²) in [6.07, 6.45) is 79.3. The average Bonchev–Trinajstić information content (AvgIpc) is 0.797. The van der Waals surface area contributed by atoms with Crippen LogP contribution in [0.25, 0.3) is 0 Å². The van der Waals surface area contributed by atoms with Crippen LogP contribution in [0.15, 0.2) is 134 Å². The zero-order valence-electron chi connectivity index (χ0n) is 60.1. The molecule has 2 aliphatic rings. The molecule has 0 saturated carbocycles. The van der Waals surface area contributed by atoms with Crippen LogP contribution < -0.4 is 5.32 Å². The summed E-state index contributed by atoms with van der Waals surface area (Å²) in [4.78, 5) is 13.4. The molecule has 2 aliphatic heterocycles. The van der Waals surface area contributed by atoms with E-state index in [1.165, 1.54) is 148 Å². The van der Waals surface area contributed by atoms with E-state index in [2.05, 4.69) is 141 Å². The third-order valence-corrected chi connectivity index (χ3v) is 17.8.